The van der Waals surface area contributed by atoms with Crippen LogP contribution in [0.1, 0.15) is 24.2 Å². The fourth-order valence-corrected chi connectivity index (χ4v) is 2.75. The van der Waals surface area contributed by atoms with E-state index in [1.54, 1.807) is 6.20 Å². The third-order valence-corrected chi connectivity index (χ3v) is 4.02. The Morgan fingerprint density at radius 1 is 1.23 bits per heavy atom. The number of ether oxygens (including phenoxy) is 1. The Balaban J connectivity index is 1.66. The molecule has 0 amide bonds. The van der Waals surface area contributed by atoms with Gasteiger partial charge in [0.25, 0.3) is 0 Å². The smallest absolute Gasteiger partial charge is 0.223 e. The predicted octanol–water partition coefficient (Wildman–Crippen LogP) is 2.99. The number of hydrogen-bond donors (Lipinski definition) is 1. The Hall–Kier alpha value is -2.01. The van der Waals surface area contributed by atoms with Crippen molar-refractivity contribution in [2.45, 2.75) is 26.7 Å². The number of anilines is 1. The lowest BCUT2D eigenvalue weighted by atomic mass is 10.1. The van der Waals surface area contributed by atoms with Gasteiger partial charge in [-0.25, -0.2) is 9.97 Å². The van der Waals surface area contributed by atoms with Crippen LogP contribution in [-0.2, 0) is 4.74 Å². The zero-order chi connectivity index (χ0) is 15.4. The summed E-state index contributed by atoms with van der Waals surface area (Å²) in [7, 11) is 0. The molecule has 5 heteroatoms. The number of aryl methyl sites for hydroxylation is 2. The number of aromatic nitrogens is 3. The molecule has 1 aliphatic heterocycles. The van der Waals surface area contributed by atoms with Gasteiger partial charge in [-0.05, 0) is 50.8 Å². The van der Waals surface area contributed by atoms with E-state index in [0.29, 0.717) is 11.9 Å². The molecule has 2 aromatic rings. The molecule has 3 heterocycles. The molecule has 5 nitrogen and oxygen atoms in total. The summed E-state index contributed by atoms with van der Waals surface area (Å²) in [5, 5.41) is 3.31. The fourth-order valence-electron chi connectivity index (χ4n) is 2.75. The van der Waals surface area contributed by atoms with Gasteiger partial charge < -0.3 is 10.1 Å². The van der Waals surface area contributed by atoms with Gasteiger partial charge in [-0.2, -0.15) is 0 Å². The Morgan fingerprint density at radius 3 is 2.91 bits per heavy atom. The second-order valence-electron chi connectivity index (χ2n) is 5.80. The second-order valence-corrected chi connectivity index (χ2v) is 5.80. The molecule has 0 bridgehead atoms. The molecule has 0 radical (unpaired) electrons. The quantitative estimate of drug-likeness (QED) is 0.919. The highest BCUT2D eigenvalue weighted by Gasteiger charge is 2.15. The van der Waals surface area contributed by atoms with Crippen LogP contribution in [0.15, 0.2) is 24.4 Å². The minimum Gasteiger partial charge on any atom is -0.381 e. The van der Waals surface area contributed by atoms with E-state index in [2.05, 4.69) is 26.3 Å². The van der Waals surface area contributed by atoms with Crippen LogP contribution < -0.4 is 5.32 Å². The Morgan fingerprint density at radius 2 is 2.14 bits per heavy atom. The van der Waals surface area contributed by atoms with Gasteiger partial charge in [-0.1, -0.05) is 0 Å². The van der Waals surface area contributed by atoms with Crippen molar-refractivity contribution in [2.24, 2.45) is 5.92 Å². The van der Waals surface area contributed by atoms with Crippen LogP contribution in [0.25, 0.3) is 11.3 Å². The van der Waals surface area contributed by atoms with Gasteiger partial charge in [0.1, 0.15) is 0 Å². The highest BCUT2D eigenvalue weighted by Crippen LogP contribution is 2.21. The zero-order valence-corrected chi connectivity index (χ0v) is 13.2. The summed E-state index contributed by atoms with van der Waals surface area (Å²) in [6.45, 7) is 6.67. The topological polar surface area (TPSA) is 59.9 Å². The summed E-state index contributed by atoms with van der Waals surface area (Å²) in [6.07, 6.45) is 4.05. The molecule has 0 aromatic carbocycles. The average Bonchev–Trinajstić information content (AvgIpc) is 3.01. The number of hydrogen-bond acceptors (Lipinski definition) is 5. The number of nitrogens with zero attached hydrogens (tertiary/aromatic N) is 3. The van der Waals surface area contributed by atoms with Crippen molar-refractivity contribution in [3.8, 4) is 11.3 Å². The maximum atomic E-state index is 5.39. The molecule has 0 aliphatic carbocycles. The minimum absolute atomic E-state index is 0.666. The first-order valence-electron chi connectivity index (χ1n) is 7.81. The van der Waals surface area contributed by atoms with Gasteiger partial charge in [-0.15, -0.1) is 0 Å². The van der Waals surface area contributed by atoms with Crippen LogP contribution in [0.5, 0.6) is 0 Å². The van der Waals surface area contributed by atoms with Gasteiger partial charge in [0, 0.05) is 42.9 Å². The standard InChI is InChI=1S/C17H22N4O/c1-12-3-4-15(13(2)20-12)16-6-9-19-17(21-16)18-8-5-14-7-10-22-11-14/h3-4,6,9,14H,5,7-8,10-11H2,1-2H3,(H,18,19,21)/t14-/m0/s1. The van der Waals surface area contributed by atoms with Crippen LogP contribution in [0.4, 0.5) is 5.95 Å². The van der Waals surface area contributed by atoms with Crippen molar-refractivity contribution in [2.75, 3.05) is 25.1 Å². The van der Waals surface area contributed by atoms with Gasteiger partial charge in [-0.3, -0.25) is 4.98 Å². The van der Waals surface area contributed by atoms with Crippen LogP contribution in [-0.4, -0.2) is 34.7 Å². The molecule has 0 unspecified atom stereocenters. The molecule has 1 fully saturated rings. The number of pyridine rings is 1. The molecule has 0 saturated carbocycles. The molecule has 1 saturated heterocycles. The molecule has 2 aromatic heterocycles. The van der Waals surface area contributed by atoms with E-state index in [0.717, 1.165) is 55.2 Å². The molecule has 22 heavy (non-hydrogen) atoms. The fraction of sp³-hybridized carbons (Fsp3) is 0.471. The van der Waals surface area contributed by atoms with Crippen LogP contribution in [0, 0.1) is 19.8 Å². The minimum atomic E-state index is 0.666. The largest absolute Gasteiger partial charge is 0.381 e. The number of rotatable bonds is 5. The first-order valence-corrected chi connectivity index (χ1v) is 7.81. The zero-order valence-electron chi connectivity index (χ0n) is 13.2. The van der Waals surface area contributed by atoms with E-state index < -0.39 is 0 Å². The van der Waals surface area contributed by atoms with Crippen molar-refractivity contribution >= 4 is 5.95 Å². The van der Waals surface area contributed by atoms with E-state index in [4.69, 9.17) is 4.74 Å². The first-order chi connectivity index (χ1) is 10.7. The third-order valence-electron chi connectivity index (χ3n) is 4.02. The predicted molar refractivity (Wildman–Crippen MR) is 86.8 cm³/mol. The van der Waals surface area contributed by atoms with Crippen molar-refractivity contribution in [3.63, 3.8) is 0 Å². The summed E-state index contributed by atoms with van der Waals surface area (Å²) < 4.78 is 5.39. The van der Waals surface area contributed by atoms with E-state index in [9.17, 15) is 0 Å². The molecule has 1 N–H and O–H groups in total. The van der Waals surface area contributed by atoms with Crippen molar-refractivity contribution in [3.05, 3.63) is 35.8 Å². The van der Waals surface area contributed by atoms with E-state index >= 15 is 0 Å². The molecule has 3 rings (SSSR count). The highest BCUT2D eigenvalue weighted by atomic mass is 16.5. The molecule has 0 spiro atoms. The third kappa shape index (κ3) is 3.60. The Kier molecular flexibility index (Phi) is 4.63. The summed E-state index contributed by atoms with van der Waals surface area (Å²) in [6, 6.07) is 6.01. The molecule has 116 valence electrons. The van der Waals surface area contributed by atoms with Crippen LogP contribution in [0.2, 0.25) is 0 Å². The van der Waals surface area contributed by atoms with Crippen molar-refractivity contribution in [1.82, 2.24) is 15.0 Å². The Bertz CT molecular complexity index is 638. The molecular formula is C17H22N4O. The summed E-state index contributed by atoms with van der Waals surface area (Å²) in [4.78, 5) is 13.4. The second kappa shape index (κ2) is 6.83. The number of nitrogens with one attached hydrogen (secondary N) is 1. The lowest BCUT2D eigenvalue weighted by Crippen LogP contribution is -2.11. The lowest BCUT2D eigenvalue weighted by molar-refractivity contribution is 0.185. The van der Waals surface area contributed by atoms with Gasteiger partial charge in [0.05, 0.1) is 5.69 Å². The molecule has 1 atom stereocenters. The first kappa shape index (κ1) is 14.9. The van der Waals surface area contributed by atoms with E-state index in [-0.39, 0.29) is 0 Å². The normalized spacial score (nSPS) is 17.6. The lowest BCUT2D eigenvalue weighted by Gasteiger charge is -2.10. The van der Waals surface area contributed by atoms with E-state index in [1.807, 2.05) is 26.0 Å². The maximum Gasteiger partial charge on any atom is 0.223 e. The molecule has 1 aliphatic rings. The summed E-state index contributed by atoms with van der Waals surface area (Å²) in [5.74, 6) is 1.34. The van der Waals surface area contributed by atoms with Gasteiger partial charge >= 0.3 is 0 Å². The van der Waals surface area contributed by atoms with Crippen LogP contribution in [0.3, 0.4) is 0 Å². The average molecular weight is 298 g/mol. The summed E-state index contributed by atoms with van der Waals surface area (Å²) >= 11 is 0. The SMILES string of the molecule is Cc1ccc(-c2ccnc(NCC[C@H]3CCOC3)n2)c(C)n1. The maximum absolute atomic E-state index is 5.39. The summed E-state index contributed by atoms with van der Waals surface area (Å²) in [5.41, 5.74) is 3.98. The highest BCUT2D eigenvalue weighted by molar-refractivity contribution is 5.62. The van der Waals surface area contributed by atoms with Crippen LogP contribution >= 0.6 is 0 Å². The van der Waals surface area contributed by atoms with Crippen molar-refractivity contribution < 1.29 is 4.74 Å². The monoisotopic (exact) mass is 298 g/mol. The van der Waals surface area contributed by atoms with E-state index in [1.165, 1.54) is 0 Å². The Labute approximate surface area is 131 Å². The van der Waals surface area contributed by atoms with Gasteiger partial charge in [0.15, 0.2) is 0 Å². The molecular weight excluding hydrogens is 276 g/mol. The van der Waals surface area contributed by atoms with Crippen molar-refractivity contribution in [1.29, 1.82) is 0 Å². The van der Waals surface area contributed by atoms with Gasteiger partial charge in [0.2, 0.25) is 5.95 Å².